The van der Waals surface area contributed by atoms with E-state index in [0.29, 0.717) is 5.92 Å². The van der Waals surface area contributed by atoms with Gasteiger partial charge >= 0.3 is 0 Å². The molecular weight excluding hydrogens is 167 g/mol. The van der Waals surface area contributed by atoms with E-state index in [9.17, 15) is 0 Å². The number of hydrogen-bond donors (Lipinski definition) is 0. The van der Waals surface area contributed by atoms with E-state index < -0.39 is 0 Å². The van der Waals surface area contributed by atoms with Crippen molar-refractivity contribution in [3.05, 3.63) is 11.1 Å². The highest BCUT2D eigenvalue weighted by atomic mass is 35.5. The fourth-order valence-electron chi connectivity index (χ4n) is 2.01. The van der Waals surface area contributed by atoms with Gasteiger partial charge in [-0.1, -0.05) is 17.7 Å². The minimum Gasteiger partial charge on any atom is -0.117 e. The second-order valence-electron chi connectivity index (χ2n) is 3.29. The number of alkyl halides is 1. The van der Waals surface area contributed by atoms with Crippen LogP contribution in [0.5, 0.6) is 0 Å². The van der Waals surface area contributed by atoms with Crippen LogP contribution in [0, 0.1) is 11.8 Å². The summed E-state index contributed by atoms with van der Waals surface area (Å²) in [6.45, 7) is 0. The number of allylic oxidation sites excluding steroid dienone is 2. The second kappa shape index (κ2) is 2.42. The van der Waals surface area contributed by atoms with Crippen molar-refractivity contribution >= 4 is 23.2 Å². The molecule has 2 rings (SSSR count). The highest BCUT2D eigenvalue weighted by Gasteiger charge is 2.34. The molecule has 0 radical (unpaired) electrons. The van der Waals surface area contributed by atoms with Gasteiger partial charge in [0.15, 0.2) is 0 Å². The van der Waals surface area contributed by atoms with Gasteiger partial charge in [-0.25, -0.2) is 0 Å². The molecule has 0 amide bonds. The Bertz CT molecular complexity index is 174. The van der Waals surface area contributed by atoms with Crippen molar-refractivity contribution in [1.82, 2.24) is 0 Å². The molecule has 2 heteroatoms. The van der Waals surface area contributed by atoms with Crippen molar-refractivity contribution in [2.75, 3.05) is 0 Å². The van der Waals surface area contributed by atoms with Crippen LogP contribution in [0.25, 0.3) is 0 Å². The van der Waals surface area contributed by atoms with Crippen LogP contribution < -0.4 is 0 Å². The highest BCUT2D eigenvalue weighted by molar-refractivity contribution is 6.37. The van der Waals surface area contributed by atoms with Gasteiger partial charge in [0.25, 0.3) is 0 Å². The molecule has 0 heterocycles. The molecule has 56 valence electrons. The van der Waals surface area contributed by atoms with E-state index in [1.54, 1.807) is 0 Å². The van der Waals surface area contributed by atoms with E-state index in [2.05, 4.69) is 6.08 Å². The zero-order chi connectivity index (χ0) is 7.14. The van der Waals surface area contributed by atoms with Crippen LogP contribution >= 0.6 is 23.2 Å². The second-order valence-corrected chi connectivity index (χ2v) is 4.19. The van der Waals surface area contributed by atoms with Crippen molar-refractivity contribution in [3.8, 4) is 0 Å². The lowest BCUT2D eigenvalue weighted by molar-refractivity contribution is 0.520. The van der Waals surface area contributed by atoms with Crippen molar-refractivity contribution in [2.24, 2.45) is 11.8 Å². The van der Waals surface area contributed by atoms with E-state index >= 15 is 0 Å². The van der Waals surface area contributed by atoms with Gasteiger partial charge in [0.2, 0.25) is 0 Å². The first-order valence-corrected chi connectivity index (χ1v) is 4.60. The summed E-state index contributed by atoms with van der Waals surface area (Å²) >= 11 is 12.0. The van der Waals surface area contributed by atoms with Gasteiger partial charge < -0.3 is 0 Å². The van der Waals surface area contributed by atoms with Gasteiger partial charge in [-0.05, 0) is 31.1 Å². The maximum absolute atomic E-state index is 6.06. The summed E-state index contributed by atoms with van der Waals surface area (Å²) in [6.07, 6.45) is 5.97. The number of rotatable bonds is 0. The Hall–Kier alpha value is 0.320. The molecule has 0 saturated heterocycles. The molecular formula is C8H10Cl2. The Balaban J connectivity index is 2.25. The lowest BCUT2D eigenvalue weighted by atomic mass is 9.95. The van der Waals surface area contributed by atoms with Crippen LogP contribution in [-0.4, -0.2) is 5.38 Å². The Kier molecular flexibility index (Phi) is 1.69. The molecule has 0 nitrogen and oxygen atoms in total. The summed E-state index contributed by atoms with van der Waals surface area (Å²) in [5.41, 5.74) is 0. The van der Waals surface area contributed by atoms with Crippen LogP contribution in [0.3, 0.4) is 0 Å². The summed E-state index contributed by atoms with van der Waals surface area (Å²) in [5.74, 6) is 1.41. The molecule has 3 atom stereocenters. The topological polar surface area (TPSA) is 0 Å². The molecule has 0 N–H and O–H groups in total. The maximum atomic E-state index is 6.06. The van der Waals surface area contributed by atoms with Crippen LogP contribution in [0.15, 0.2) is 11.1 Å². The molecule has 0 aromatic carbocycles. The molecule has 1 saturated carbocycles. The third kappa shape index (κ3) is 0.981. The van der Waals surface area contributed by atoms with Gasteiger partial charge in [-0.15, -0.1) is 11.6 Å². The molecule has 0 unspecified atom stereocenters. The monoisotopic (exact) mass is 176 g/mol. The van der Waals surface area contributed by atoms with Crippen LogP contribution in [0.1, 0.15) is 19.3 Å². The first-order chi connectivity index (χ1) is 4.77. The minimum absolute atomic E-state index is 0.125. The van der Waals surface area contributed by atoms with E-state index in [0.717, 1.165) is 11.0 Å². The molecule has 2 aliphatic rings. The van der Waals surface area contributed by atoms with Gasteiger partial charge in [-0.3, -0.25) is 0 Å². The Morgan fingerprint density at radius 3 is 3.00 bits per heavy atom. The molecule has 0 aromatic rings. The fourth-order valence-corrected chi connectivity index (χ4v) is 2.67. The minimum atomic E-state index is 0.125. The Morgan fingerprint density at radius 1 is 1.40 bits per heavy atom. The van der Waals surface area contributed by atoms with Gasteiger partial charge in [0.05, 0.1) is 5.38 Å². The summed E-state index contributed by atoms with van der Waals surface area (Å²) < 4.78 is 0. The third-order valence-corrected chi connectivity index (χ3v) is 3.65. The average molecular weight is 177 g/mol. The summed E-state index contributed by atoms with van der Waals surface area (Å²) in [5, 5.41) is 1.01. The third-order valence-electron chi connectivity index (χ3n) is 2.59. The standard InChI is InChI=1S/C8H10Cl2/c9-7-4-5-1-2-6(3-5)8(7)10/h4-6,8H,1-3H2/t5-,6-,8-/m1/s1. The lowest BCUT2D eigenvalue weighted by Crippen LogP contribution is -2.15. The van der Waals surface area contributed by atoms with Crippen molar-refractivity contribution < 1.29 is 0 Å². The van der Waals surface area contributed by atoms with Crippen molar-refractivity contribution in [3.63, 3.8) is 0 Å². The smallest absolute Gasteiger partial charge is 0.0717 e. The predicted octanol–water partition coefficient (Wildman–Crippen LogP) is 3.15. The lowest BCUT2D eigenvalue weighted by Gasteiger charge is -2.20. The van der Waals surface area contributed by atoms with E-state index in [1.807, 2.05) is 0 Å². The molecule has 0 aromatic heterocycles. The zero-order valence-corrected chi connectivity index (χ0v) is 7.20. The summed E-state index contributed by atoms with van der Waals surface area (Å²) in [4.78, 5) is 0. The normalized spacial score (nSPS) is 45.4. The molecule has 1 fully saturated rings. The largest absolute Gasteiger partial charge is 0.117 e. The quantitative estimate of drug-likeness (QED) is 0.498. The van der Waals surface area contributed by atoms with E-state index in [1.165, 1.54) is 19.3 Å². The van der Waals surface area contributed by atoms with E-state index in [4.69, 9.17) is 23.2 Å². The van der Waals surface area contributed by atoms with E-state index in [-0.39, 0.29) is 5.38 Å². The van der Waals surface area contributed by atoms with Gasteiger partial charge in [0.1, 0.15) is 0 Å². The Morgan fingerprint density at radius 2 is 2.20 bits per heavy atom. The molecule has 0 aliphatic heterocycles. The predicted molar refractivity (Wildman–Crippen MR) is 44.4 cm³/mol. The number of halogens is 2. The highest BCUT2D eigenvalue weighted by Crippen LogP contribution is 2.44. The van der Waals surface area contributed by atoms with Crippen LogP contribution in [0.2, 0.25) is 0 Å². The van der Waals surface area contributed by atoms with Crippen LogP contribution in [0.4, 0.5) is 0 Å². The Labute approximate surface area is 71.2 Å². The van der Waals surface area contributed by atoms with Gasteiger partial charge in [-0.2, -0.15) is 0 Å². The summed E-state index contributed by atoms with van der Waals surface area (Å²) in [7, 11) is 0. The first kappa shape index (κ1) is 7.00. The zero-order valence-electron chi connectivity index (χ0n) is 5.69. The first-order valence-electron chi connectivity index (χ1n) is 3.78. The molecule has 2 aliphatic carbocycles. The maximum Gasteiger partial charge on any atom is 0.0717 e. The SMILES string of the molecule is ClC1=C[C@@H]2CC[C@H](C2)[C@H]1Cl. The van der Waals surface area contributed by atoms with Crippen molar-refractivity contribution in [1.29, 1.82) is 0 Å². The molecule has 2 bridgehead atoms. The van der Waals surface area contributed by atoms with Crippen LogP contribution in [-0.2, 0) is 0 Å². The number of fused-ring (bicyclic) bond motifs is 2. The van der Waals surface area contributed by atoms with Gasteiger partial charge in [0, 0.05) is 5.03 Å². The fraction of sp³-hybridized carbons (Fsp3) is 0.750. The average Bonchev–Trinajstić information content (AvgIpc) is 2.29. The molecule has 10 heavy (non-hydrogen) atoms. The number of hydrogen-bond acceptors (Lipinski definition) is 0. The van der Waals surface area contributed by atoms with Crippen molar-refractivity contribution in [2.45, 2.75) is 24.6 Å². The summed E-state index contributed by atoms with van der Waals surface area (Å²) in [6, 6.07) is 0. The molecule has 0 spiro atoms.